The summed E-state index contributed by atoms with van der Waals surface area (Å²) >= 11 is 1.90. The Hall–Kier alpha value is -0.410. The smallest absolute Gasteiger partial charge is 0.113 e. The molecule has 1 N–H and O–H groups in total. The molecule has 0 saturated heterocycles. The van der Waals surface area contributed by atoms with Crippen LogP contribution in [0.25, 0.3) is 0 Å². The van der Waals surface area contributed by atoms with E-state index in [2.05, 4.69) is 40.1 Å². The summed E-state index contributed by atoms with van der Waals surface area (Å²) in [7, 11) is 2.11. The van der Waals surface area contributed by atoms with E-state index in [9.17, 15) is 0 Å². The van der Waals surface area contributed by atoms with E-state index in [0.717, 1.165) is 18.3 Å². The minimum absolute atomic E-state index is 0.147. The highest BCUT2D eigenvalue weighted by atomic mass is 32.1. The van der Waals surface area contributed by atoms with Crippen LogP contribution in [-0.2, 0) is 12.0 Å². The van der Waals surface area contributed by atoms with Crippen molar-refractivity contribution in [3.8, 4) is 0 Å². The maximum Gasteiger partial charge on any atom is 0.113 e. The Balaban J connectivity index is 2.19. The van der Waals surface area contributed by atoms with Crippen LogP contribution < -0.4 is 5.32 Å². The van der Waals surface area contributed by atoms with Crippen LogP contribution in [-0.4, -0.2) is 12.0 Å². The molecular weight excluding hydrogens is 252 g/mol. The molecule has 0 aromatic carbocycles. The van der Waals surface area contributed by atoms with Gasteiger partial charge in [0.15, 0.2) is 0 Å². The maximum absolute atomic E-state index is 4.92. The van der Waals surface area contributed by atoms with Gasteiger partial charge in [0.2, 0.25) is 0 Å². The highest BCUT2D eigenvalue weighted by Crippen LogP contribution is 2.43. The molecule has 108 valence electrons. The first-order valence-corrected chi connectivity index (χ1v) is 8.49. The lowest BCUT2D eigenvalue weighted by atomic mass is 9.73. The van der Waals surface area contributed by atoms with Crippen molar-refractivity contribution >= 4 is 11.3 Å². The van der Waals surface area contributed by atoms with E-state index in [1.807, 2.05) is 11.3 Å². The molecular formula is C16H28N2S. The van der Waals surface area contributed by atoms with Crippen molar-refractivity contribution in [1.29, 1.82) is 0 Å². The van der Waals surface area contributed by atoms with Crippen molar-refractivity contribution in [3.63, 3.8) is 0 Å². The molecule has 1 aliphatic rings. The monoisotopic (exact) mass is 280 g/mol. The molecule has 1 aromatic heterocycles. The van der Waals surface area contributed by atoms with Crippen molar-refractivity contribution in [2.45, 2.75) is 65.3 Å². The third-order valence-electron chi connectivity index (χ3n) is 4.94. The maximum atomic E-state index is 4.92. The number of aromatic nitrogens is 1. The first kappa shape index (κ1) is 15.0. The van der Waals surface area contributed by atoms with Gasteiger partial charge in [-0.15, -0.1) is 11.3 Å². The van der Waals surface area contributed by atoms with Crippen molar-refractivity contribution in [3.05, 3.63) is 15.6 Å². The molecule has 1 aliphatic carbocycles. The first-order valence-electron chi connectivity index (χ1n) is 7.68. The molecule has 0 radical (unpaired) electrons. The van der Waals surface area contributed by atoms with Gasteiger partial charge in [-0.3, -0.25) is 0 Å². The first-order chi connectivity index (χ1) is 9.02. The van der Waals surface area contributed by atoms with Crippen LogP contribution in [0.15, 0.2) is 0 Å². The summed E-state index contributed by atoms with van der Waals surface area (Å²) in [6.45, 7) is 9.14. The topological polar surface area (TPSA) is 24.9 Å². The summed E-state index contributed by atoms with van der Waals surface area (Å²) in [6.07, 6.45) is 6.19. The Morgan fingerprint density at radius 1 is 1.37 bits per heavy atom. The van der Waals surface area contributed by atoms with Gasteiger partial charge in [-0.1, -0.05) is 20.8 Å². The Kier molecular flexibility index (Phi) is 4.67. The molecule has 0 atom stereocenters. The number of aryl methyl sites for hydroxylation is 2. The Morgan fingerprint density at radius 3 is 2.42 bits per heavy atom. The van der Waals surface area contributed by atoms with Crippen molar-refractivity contribution in [1.82, 2.24) is 10.3 Å². The van der Waals surface area contributed by atoms with Gasteiger partial charge in [0.25, 0.3) is 0 Å². The van der Waals surface area contributed by atoms with Crippen LogP contribution in [0.5, 0.6) is 0 Å². The van der Waals surface area contributed by atoms with Crippen molar-refractivity contribution < 1.29 is 0 Å². The Labute approximate surface area is 122 Å². The van der Waals surface area contributed by atoms with E-state index in [-0.39, 0.29) is 5.54 Å². The van der Waals surface area contributed by atoms with Crippen molar-refractivity contribution in [2.24, 2.45) is 11.8 Å². The number of nitrogens with one attached hydrogen (secondary N) is 1. The van der Waals surface area contributed by atoms with Crippen LogP contribution in [0.4, 0.5) is 0 Å². The molecule has 0 bridgehead atoms. The van der Waals surface area contributed by atoms with E-state index < -0.39 is 0 Å². The minimum Gasteiger partial charge on any atom is -0.308 e. The fourth-order valence-corrected chi connectivity index (χ4v) is 4.59. The summed E-state index contributed by atoms with van der Waals surface area (Å²) < 4.78 is 0. The zero-order valence-corrected chi connectivity index (χ0v) is 13.9. The Bertz CT molecular complexity index is 414. The largest absolute Gasteiger partial charge is 0.308 e. The minimum atomic E-state index is 0.147. The molecule has 3 heteroatoms. The van der Waals surface area contributed by atoms with Gasteiger partial charge >= 0.3 is 0 Å². The summed E-state index contributed by atoms with van der Waals surface area (Å²) in [5.74, 6) is 1.72. The zero-order valence-electron chi connectivity index (χ0n) is 13.0. The third-order valence-corrected chi connectivity index (χ3v) is 6.16. The standard InChI is InChI=1S/C16H28N2S/c1-6-14-12(4)19-15(18-14)16(17-5)9-7-13(8-10-16)11(2)3/h11,13,17H,6-10H2,1-5H3. The second-order valence-electron chi connectivity index (χ2n) is 6.29. The number of nitrogens with zero attached hydrogens (tertiary/aromatic N) is 1. The number of thiazole rings is 1. The molecule has 0 aliphatic heterocycles. The van der Waals surface area contributed by atoms with Gasteiger partial charge in [-0.25, -0.2) is 4.98 Å². The molecule has 2 rings (SSSR count). The molecule has 1 heterocycles. The summed E-state index contributed by atoms with van der Waals surface area (Å²) in [6, 6.07) is 0. The highest BCUT2D eigenvalue weighted by molar-refractivity contribution is 7.11. The van der Waals surface area contributed by atoms with Gasteiger partial charge in [0, 0.05) is 4.88 Å². The second-order valence-corrected chi connectivity index (χ2v) is 7.49. The van der Waals surface area contributed by atoms with E-state index >= 15 is 0 Å². The molecule has 1 aromatic rings. The van der Waals surface area contributed by atoms with Gasteiger partial charge in [-0.2, -0.15) is 0 Å². The van der Waals surface area contributed by atoms with E-state index in [1.165, 1.54) is 41.3 Å². The molecule has 0 amide bonds. The SMILES string of the molecule is CCc1nc(C2(NC)CCC(C(C)C)CC2)sc1C. The van der Waals surface area contributed by atoms with Gasteiger partial charge in [-0.05, 0) is 57.9 Å². The number of hydrogen-bond acceptors (Lipinski definition) is 3. The second kappa shape index (κ2) is 5.92. The van der Waals surface area contributed by atoms with Gasteiger partial charge in [0.1, 0.15) is 5.01 Å². The zero-order chi connectivity index (χ0) is 14.0. The number of rotatable bonds is 4. The molecule has 1 saturated carbocycles. The molecule has 1 fully saturated rings. The summed E-state index contributed by atoms with van der Waals surface area (Å²) in [5, 5.41) is 4.93. The van der Waals surface area contributed by atoms with E-state index in [0.29, 0.717) is 0 Å². The molecule has 0 spiro atoms. The quantitative estimate of drug-likeness (QED) is 0.890. The third kappa shape index (κ3) is 2.87. The highest BCUT2D eigenvalue weighted by Gasteiger charge is 2.38. The lowest BCUT2D eigenvalue weighted by Crippen LogP contribution is -2.43. The van der Waals surface area contributed by atoms with Crippen LogP contribution >= 0.6 is 11.3 Å². The average Bonchev–Trinajstić information content (AvgIpc) is 2.80. The van der Waals surface area contributed by atoms with Gasteiger partial charge < -0.3 is 5.32 Å². The van der Waals surface area contributed by atoms with Crippen LogP contribution in [0.3, 0.4) is 0 Å². The lowest BCUT2D eigenvalue weighted by Gasteiger charge is -2.40. The molecule has 19 heavy (non-hydrogen) atoms. The van der Waals surface area contributed by atoms with Crippen molar-refractivity contribution in [2.75, 3.05) is 7.05 Å². The van der Waals surface area contributed by atoms with Crippen LogP contribution in [0.2, 0.25) is 0 Å². The average molecular weight is 280 g/mol. The van der Waals surface area contributed by atoms with Crippen LogP contribution in [0.1, 0.15) is 62.0 Å². The lowest BCUT2D eigenvalue weighted by molar-refractivity contribution is 0.168. The normalized spacial score (nSPS) is 28.0. The predicted molar refractivity (Wildman–Crippen MR) is 83.8 cm³/mol. The summed E-state index contributed by atoms with van der Waals surface area (Å²) in [4.78, 5) is 6.32. The fourth-order valence-electron chi connectivity index (χ4n) is 3.33. The molecule has 0 unspecified atom stereocenters. The summed E-state index contributed by atoms with van der Waals surface area (Å²) in [5.41, 5.74) is 1.44. The Morgan fingerprint density at radius 2 is 2.00 bits per heavy atom. The molecule has 2 nitrogen and oxygen atoms in total. The van der Waals surface area contributed by atoms with E-state index in [1.54, 1.807) is 0 Å². The van der Waals surface area contributed by atoms with Crippen LogP contribution in [0, 0.1) is 18.8 Å². The predicted octanol–water partition coefficient (Wildman–Crippen LogP) is 4.27. The van der Waals surface area contributed by atoms with Gasteiger partial charge in [0.05, 0.1) is 11.2 Å². The van der Waals surface area contributed by atoms with E-state index in [4.69, 9.17) is 4.98 Å². The number of hydrogen-bond donors (Lipinski definition) is 1. The fraction of sp³-hybridized carbons (Fsp3) is 0.812.